The Kier molecular flexibility index (Phi) is 6.69. The van der Waals surface area contributed by atoms with Crippen molar-refractivity contribution in [2.24, 2.45) is 5.92 Å². The largest absolute Gasteiger partial charge is 0.497 e. The van der Waals surface area contributed by atoms with Gasteiger partial charge in [0, 0.05) is 30.8 Å². The summed E-state index contributed by atoms with van der Waals surface area (Å²) in [7, 11) is 1.62. The van der Waals surface area contributed by atoms with Crippen molar-refractivity contribution in [3.8, 4) is 5.75 Å². The van der Waals surface area contributed by atoms with Crippen LogP contribution >= 0.6 is 0 Å². The van der Waals surface area contributed by atoms with Crippen molar-refractivity contribution >= 4 is 17.5 Å². The standard InChI is InChI=1S/C26H26F2N4O4/c1-35-19-5-2-16(3-6-19)23-13-32-15-29-24(22(32)14-36-23)26(34)31-10-8-17(9-11-31)25(33)30-18-4-7-20(27)21(28)12-18/h2-7,12,15,17,23H,8-11,13-14H2,1H3,(H,30,33). The molecule has 2 aliphatic heterocycles. The molecule has 2 amide bonds. The first kappa shape index (κ1) is 23.9. The van der Waals surface area contributed by atoms with E-state index in [4.69, 9.17) is 9.47 Å². The number of ether oxygens (including phenoxy) is 2. The molecular formula is C26H26F2N4O4. The highest BCUT2D eigenvalue weighted by atomic mass is 19.2. The summed E-state index contributed by atoms with van der Waals surface area (Å²) in [6.07, 6.45) is 2.45. The first-order valence-corrected chi connectivity index (χ1v) is 11.8. The number of fused-ring (bicyclic) bond motifs is 1. The Morgan fingerprint density at radius 3 is 2.53 bits per heavy atom. The predicted molar refractivity (Wildman–Crippen MR) is 126 cm³/mol. The van der Waals surface area contributed by atoms with E-state index in [2.05, 4.69) is 10.3 Å². The van der Waals surface area contributed by atoms with Gasteiger partial charge in [0.2, 0.25) is 5.91 Å². The molecule has 0 spiro atoms. The molecule has 188 valence electrons. The van der Waals surface area contributed by atoms with Crippen LogP contribution in [0.5, 0.6) is 5.75 Å². The molecule has 10 heteroatoms. The zero-order chi connectivity index (χ0) is 25.2. The first-order chi connectivity index (χ1) is 17.4. The van der Waals surface area contributed by atoms with Gasteiger partial charge in [0.25, 0.3) is 5.91 Å². The first-order valence-electron chi connectivity index (χ1n) is 11.8. The minimum atomic E-state index is -1.02. The number of amides is 2. The predicted octanol–water partition coefficient (Wildman–Crippen LogP) is 3.93. The lowest BCUT2D eigenvalue weighted by atomic mass is 9.95. The zero-order valence-corrected chi connectivity index (χ0v) is 19.7. The SMILES string of the molecule is COc1ccc(C2Cn3cnc(C(=O)N4CCC(C(=O)Nc5ccc(F)c(F)c5)CC4)c3CO2)cc1. The molecule has 0 bridgehead atoms. The second-order valence-corrected chi connectivity index (χ2v) is 8.95. The van der Waals surface area contributed by atoms with Gasteiger partial charge < -0.3 is 24.3 Å². The van der Waals surface area contributed by atoms with E-state index in [9.17, 15) is 18.4 Å². The third-order valence-electron chi connectivity index (χ3n) is 6.76. The van der Waals surface area contributed by atoms with Gasteiger partial charge in [-0.3, -0.25) is 9.59 Å². The number of piperidine rings is 1. The average Bonchev–Trinajstić information content (AvgIpc) is 3.34. The van der Waals surface area contributed by atoms with Crippen LogP contribution in [0.4, 0.5) is 14.5 Å². The molecule has 1 saturated heterocycles. The van der Waals surface area contributed by atoms with Crippen molar-refractivity contribution in [3.05, 3.63) is 77.4 Å². The van der Waals surface area contributed by atoms with Gasteiger partial charge in [-0.15, -0.1) is 0 Å². The van der Waals surface area contributed by atoms with Crippen LogP contribution in [0.3, 0.4) is 0 Å². The van der Waals surface area contributed by atoms with E-state index >= 15 is 0 Å². The molecule has 3 heterocycles. The second kappa shape index (κ2) is 10.1. The highest BCUT2D eigenvalue weighted by molar-refractivity contribution is 5.95. The molecule has 1 N–H and O–H groups in total. The topological polar surface area (TPSA) is 85.7 Å². The molecule has 1 aromatic heterocycles. The van der Waals surface area contributed by atoms with Crippen LogP contribution in [0.1, 0.15) is 40.7 Å². The van der Waals surface area contributed by atoms with Crippen LogP contribution in [-0.2, 0) is 22.7 Å². The number of hydrogen-bond donors (Lipinski definition) is 1. The van der Waals surface area contributed by atoms with Gasteiger partial charge in [0.1, 0.15) is 11.9 Å². The van der Waals surface area contributed by atoms with E-state index in [0.717, 1.165) is 29.1 Å². The number of aromatic nitrogens is 2. The number of hydrogen-bond acceptors (Lipinski definition) is 5. The Morgan fingerprint density at radius 2 is 1.83 bits per heavy atom. The number of halogens is 2. The smallest absolute Gasteiger partial charge is 0.274 e. The van der Waals surface area contributed by atoms with Crippen LogP contribution in [-0.4, -0.2) is 46.5 Å². The molecular weight excluding hydrogens is 470 g/mol. The van der Waals surface area contributed by atoms with Crippen molar-refractivity contribution in [3.63, 3.8) is 0 Å². The fourth-order valence-electron chi connectivity index (χ4n) is 4.64. The van der Waals surface area contributed by atoms with E-state index in [0.29, 0.717) is 38.2 Å². The average molecular weight is 497 g/mol. The summed E-state index contributed by atoms with van der Waals surface area (Å²) in [5, 5.41) is 2.63. The van der Waals surface area contributed by atoms with Crippen LogP contribution < -0.4 is 10.1 Å². The van der Waals surface area contributed by atoms with Crippen LogP contribution in [0.15, 0.2) is 48.8 Å². The van der Waals surface area contributed by atoms with Gasteiger partial charge in [0.15, 0.2) is 17.3 Å². The van der Waals surface area contributed by atoms with Crippen molar-refractivity contribution in [1.29, 1.82) is 0 Å². The molecule has 1 fully saturated rings. The number of nitrogens with zero attached hydrogens (tertiary/aromatic N) is 3. The summed E-state index contributed by atoms with van der Waals surface area (Å²) in [4.78, 5) is 31.8. The molecule has 8 nitrogen and oxygen atoms in total. The number of benzene rings is 2. The van der Waals surface area contributed by atoms with Crippen molar-refractivity contribution in [2.45, 2.75) is 32.1 Å². The maximum absolute atomic E-state index is 13.4. The molecule has 1 unspecified atom stereocenters. The highest BCUT2D eigenvalue weighted by Gasteiger charge is 2.32. The summed E-state index contributed by atoms with van der Waals surface area (Å²) in [5.74, 6) is -2.00. The minimum absolute atomic E-state index is 0.149. The number of imidazole rings is 1. The Labute approximate surface area is 206 Å². The molecule has 2 aliphatic rings. The van der Waals surface area contributed by atoms with Gasteiger partial charge in [-0.25, -0.2) is 13.8 Å². The van der Waals surface area contributed by atoms with Crippen molar-refractivity contribution in [1.82, 2.24) is 14.5 Å². The summed E-state index contributed by atoms with van der Waals surface area (Å²) < 4.78 is 39.7. The molecule has 0 saturated carbocycles. The monoisotopic (exact) mass is 496 g/mol. The Morgan fingerprint density at radius 1 is 1.08 bits per heavy atom. The molecule has 5 rings (SSSR count). The maximum Gasteiger partial charge on any atom is 0.274 e. The quantitative estimate of drug-likeness (QED) is 0.579. The summed E-state index contributed by atoms with van der Waals surface area (Å²) in [6, 6.07) is 10.9. The summed E-state index contributed by atoms with van der Waals surface area (Å²) in [5.41, 5.74) is 2.33. The van der Waals surface area contributed by atoms with Gasteiger partial charge in [0.05, 0.1) is 32.3 Å². The number of anilines is 1. The number of methoxy groups -OCH3 is 1. The van der Waals surface area contributed by atoms with E-state index in [1.165, 1.54) is 6.07 Å². The summed E-state index contributed by atoms with van der Waals surface area (Å²) >= 11 is 0. The highest BCUT2D eigenvalue weighted by Crippen LogP contribution is 2.30. The van der Waals surface area contributed by atoms with Gasteiger partial charge in [-0.1, -0.05) is 12.1 Å². The lowest BCUT2D eigenvalue weighted by Crippen LogP contribution is -2.42. The fraction of sp³-hybridized carbons (Fsp3) is 0.346. The number of rotatable bonds is 5. The zero-order valence-electron chi connectivity index (χ0n) is 19.7. The van der Waals surface area contributed by atoms with Crippen LogP contribution in [0.2, 0.25) is 0 Å². The third-order valence-corrected chi connectivity index (χ3v) is 6.76. The molecule has 0 radical (unpaired) electrons. The van der Waals surface area contributed by atoms with Crippen LogP contribution in [0, 0.1) is 17.6 Å². The Bertz CT molecular complexity index is 1270. The summed E-state index contributed by atoms with van der Waals surface area (Å²) in [6.45, 7) is 1.62. The van der Waals surface area contributed by atoms with Gasteiger partial charge >= 0.3 is 0 Å². The van der Waals surface area contributed by atoms with E-state index < -0.39 is 11.6 Å². The fourth-order valence-corrected chi connectivity index (χ4v) is 4.64. The van der Waals surface area contributed by atoms with Gasteiger partial charge in [-0.05, 0) is 42.7 Å². The molecule has 2 aromatic carbocycles. The molecule has 36 heavy (non-hydrogen) atoms. The Hall–Kier alpha value is -3.79. The molecule has 0 aliphatic carbocycles. The lowest BCUT2D eigenvalue weighted by Gasteiger charge is -2.31. The van der Waals surface area contributed by atoms with Crippen LogP contribution in [0.25, 0.3) is 0 Å². The van der Waals surface area contributed by atoms with Crippen molar-refractivity contribution in [2.75, 3.05) is 25.5 Å². The normalized spacial score (nSPS) is 18.0. The number of carbonyl (C=O) groups excluding carboxylic acids is 2. The minimum Gasteiger partial charge on any atom is -0.497 e. The number of likely N-dealkylation sites (tertiary alicyclic amines) is 1. The second-order valence-electron chi connectivity index (χ2n) is 8.95. The third kappa shape index (κ3) is 4.81. The van der Waals surface area contributed by atoms with E-state index in [1.54, 1.807) is 18.3 Å². The van der Waals surface area contributed by atoms with Crippen molar-refractivity contribution < 1.29 is 27.8 Å². The van der Waals surface area contributed by atoms with Gasteiger partial charge in [-0.2, -0.15) is 0 Å². The van der Waals surface area contributed by atoms with E-state index in [-0.39, 0.29) is 36.1 Å². The number of carbonyl (C=O) groups is 2. The van der Waals surface area contributed by atoms with E-state index in [1.807, 2.05) is 28.8 Å². The molecule has 1 atom stereocenters. The Balaban J connectivity index is 1.18. The maximum atomic E-state index is 13.4. The molecule has 3 aromatic rings. The number of nitrogens with one attached hydrogen (secondary N) is 1. The lowest BCUT2D eigenvalue weighted by molar-refractivity contribution is -0.121.